The number of aryl methyl sites for hydroxylation is 2. The van der Waals surface area contributed by atoms with Gasteiger partial charge in [-0.1, -0.05) is 0 Å². The van der Waals surface area contributed by atoms with Gasteiger partial charge >= 0.3 is 12.2 Å². The van der Waals surface area contributed by atoms with E-state index in [-0.39, 0.29) is 43.2 Å². The van der Waals surface area contributed by atoms with Crippen LogP contribution in [0.3, 0.4) is 0 Å². The minimum absolute atomic E-state index is 0.0380. The van der Waals surface area contributed by atoms with Gasteiger partial charge in [0.15, 0.2) is 5.65 Å². The highest BCUT2D eigenvalue weighted by Crippen LogP contribution is 2.33. The Kier molecular flexibility index (Phi) is 7.55. The van der Waals surface area contributed by atoms with Crippen molar-refractivity contribution in [1.29, 1.82) is 0 Å². The van der Waals surface area contributed by atoms with Gasteiger partial charge < -0.3 is 20.4 Å². The fraction of sp³-hybridized carbons (Fsp3) is 0.333. The molecule has 0 fully saturated rings. The number of pyridine rings is 1. The predicted octanol–water partition coefficient (Wildman–Crippen LogP) is 2.19. The van der Waals surface area contributed by atoms with Gasteiger partial charge in [-0.3, -0.25) is 14.8 Å². The molecule has 2 heterocycles. The Morgan fingerprint density at radius 1 is 1.17 bits per heavy atom. The van der Waals surface area contributed by atoms with Crippen LogP contribution in [0, 0.1) is 12.7 Å². The number of alkyl halides is 3. The van der Waals surface area contributed by atoms with Crippen molar-refractivity contribution in [3.05, 3.63) is 47.0 Å². The summed E-state index contributed by atoms with van der Waals surface area (Å²) < 4.78 is 53.7. The van der Waals surface area contributed by atoms with Crippen molar-refractivity contribution in [3.63, 3.8) is 0 Å². The van der Waals surface area contributed by atoms with Crippen molar-refractivity contribution in [2.75, 3.05) is 36.5 Å². The van der Waals surface area contributed by atoms with Crippen LogP contribution >= 0.6 is 0 Å². The first-order chi connectivity index (χ1) is 16.5. The number of aromatic nitrogens is 3. The Hall–Kier alpha value is -3.78. The van der Waals surface area contributed by atoms with E-state index >= 15 is 0 Å². The number of amides is 3. The molecular formula is C21H22F4N6O4. The van der Waals surface area contributed by atoms with Crippen molar-refractivity contribution < 1.29 is 37.4 Å². The Morgan fingerprint density at radius 3 is 2.43 bits per heavy atom. The summed E-state index contributed by atoms with van der Waals surface area (Å²) in [6.07, 6.45) is -3.79. The highest BCUT2D eigenvalue weighted by molar-refractivity contribution is 6.13. The van der Waals surface area contributed by atoms with Crippen LogP contribution in [0.15, 0.2) is 24.4 Å². The van der Waals surface area contributed by atoms with E-state index in [9.17, 15) is 37.4 Å². The fourth-order valence-electron chi connectivity index (χ4n) is 3.62. The zero-order valence-corrected chi connectivity index (χ0v) is 18.6. The predicted molar refractivity (Wildman–Crippen MR) is 118 cm³/mol. The van der Waals surface area contributed by atoms with E-state index in [0.29, 0.717) is 28.9 Å². The van der Waals surface area contributed by atoms with Crippen molar-refractivity contribution in [3.8, 4) is 0 Å². The second-order valence-electron chi connectivity index (χ2n) is 7.46. The summed E-state index contributed by atoms with van der Waals surface area (Å²) in [6.45, 7) is 1.13. The van der Waals surface area contributed by atoms with Crippen LogP contribution in [-0.2, 0) is 13.2 Å². The van der Waals surface area contributed by atoms with Gasteiger partial charge in [0.05, 0.1) is 41.1 Å². The molecule has 0 unspecified atom stereocenters. The summed E-state index contributed by atoms with van der Waals surface area (Å²) in [5, 5.41) is 27.8. The van der Waals surface area contributed by atoms with E-state index in [1.54, 1.807) is 14.0 Å². The molecular weight excluding hydrogens is 476 g/mol. The molecule has 35 heavy (non-hydrogen) atoms. The third-order valence-corrected chi connectivity index (χ3v) is 5.06. The second kappa shape index (κ2) is 10.2. The molecule has 0 radical (unpaired) electrons. The monoisotopic (exact) mass is 498 g/mol. The van der Waals surface area contributed by atoms with E-state index in [1.807, 2.05) is 5.32 Å². The Morgan fingerprint density at radius 2 is 1.83 bits per heavy atom. The third kappa shape index (κ3) is 5.49. The summed E-state index contributed by atoms with van der Waals surface area (Å²) in [7, 11) is 1.64. The zero-order chi connectivity index (χ0) is 25.9. The van der Waals surface area contributed by atoms with Crippen LogP contribution in [0.5, 0.6) is 0 Å². The van der Waals surface area contributed by atoms with Gasteiger partial charge in [0, 0.05) is 32.0 Å². The first-order valence-electron chi connectivity index (χ1n) is 10.3. The van der Waals surface area contributed by atoms with Crippen LogP contribution in [0.4, 0.5) is 33.7 Å². The average molecular weight is 498 g/mol. The number of nitrogens with zero attached hydrogens (tertiary/aromatic N) is 4. The van der Waals surface area contributed by atoms with Crippen molar-refractivity contribution in [2.45, 2.75) is 13.1 Å². The van der Waals surface area contributed by atoms with Crippen molar-refractivity contribution in [2.24, 2.45) is 7.05 Å². The van der Waals surface area contributed by atoms with Gasteiger partial charge in [0.1, 0.15) is 5.82 Å². The smallest absolute Gasteiger partial charge is 0.395 e. The number of carbonyl (C=O) groups excluding carboxylic acids is 2. The normalized spacial score (nSPS) is 11.5. The van der Waals surface area contributed by atoms with Gasteiger partial charge in [-0.2, -0.15) is 18.3 Å². The molecule has 10 nitrogen and oxygen atoms in total. The number of carbonyl (C=O) groups is 2. The first-order valence-corrected chi connectivity index (χ1v) is 10.3. The quantitative estimate of drug-likeness (QED) is 0.367. The molecule has 4 N–H and O–H groups in total. The number of aliphatic hydroxyl groups is 2. The van der Waals surface area contributed by atoms with Gasteiger partial charge in [-0.05, 0) is 25.1 Å². The summed E-state index contributed by atoms with van der Waals surface area (Å²) in [5.41, 5.74) is -0.894. The number of rotatable bonds is 7. The molecule has 3 amide bonds. The van der Waals surface area contributed by atoms with Crippen molar-refractivity contribution in [1.82, 2.24) is 20.1 Å². The Labute approximate surface area is 196 Å². The lowest BCUT2D eigenvalue weighted by Gasteiger charge is -2.26. The molecule has 0 aliphatic rings. The van der Waals surface area contributed by atoms with Crippen LogP contribution in [0.2, 0.25) is 0 Å². The maximum atomic E-state index is 13.5. The largest absolute Gasteiger partial charge is 0.419 e. The number of imide groups is 1. The van der Waals surface area contributed by atoms with Crippen LogP contribution in [0.25, 0.3) is 11.0 Å². The zero-order valence-electron chi connectivity index (χ0n) is 18.6. The topological polar surface area (TPSA) is 133 Å². The van der Waals surface area contributed by atoms with Crippen LogP contribution in [-0.4, -0.2) is 63.2 Å². The van der Waals surface area contributed by atoms with E-state index < -0.39 is 29.5 Å². The highest BCUT2D eigenvalue weighted by Gasteiger charge is 2.34. The summed E-state index contributed by atoms with van der Waals surface area (Å²) >= 11 is 0. The second-order valence-corrected chi connectivity index (χ2v) is 7.46. The Balaban J connectivity index is 1.94. The summed E-state index contributed by atoms with van der Waals surface area (Å²) in [6, 6.07) is 0.696. The lowest BCUT2D eigenvalue weighted by molar-refractivity contribution is -0.139. The lowest BCUT2D eigenvalue weighted by atomic mass is 10.1. The molecule has 0 atom stereocenters. The number of hydrogen-bond acceptors (Lipinski definition) is 7. The molecule has 1 aromatic carbocycles. The molecule has 0 aliphatic heterocycles. The number of hydrogen-bond donors (Lipinski definition) is 4. The average Bonchev–Trinajstić information content (AvgIpc) is 3.07. The number of fused-ring (bicyclic) bond motifs is 1. The minimum atomic E-state index is -4.98. The molecule has 0 spiro atoms. The maximum Gasteiger partial charge on any atom is 0.419 e. The summed E-state index contributed by atoms with van der Waals surface area (Å²) in [4.78, 5) is 31.1. The number of benzene rings is 1. The van der Waals surface area contributed by atoms with E-state index in [2.05, 4.69) is 15.4 Å². The number of halogens is 4. The highest BCUT2D eigenvalue weighted by atomic mass is 19.4. The molecule has 188 valence electrons. The van der Waals surface area contributed by atoms with Gasteiger partial charge in [0.25, 0.3) is 5.91 Å². The number of anilines is 2. The molecule has 3 aromatic rings. The van der Waals surface area contributed by atoms with E-state index in [0.717, 1.165) is 6.07 Å². The molecule has 14 heteroatoms. The Bertz CT molecular complexity index is 1250. The fourth-order valence-corrected chi connectivity index (χ4v) is 3.62. The molecule has 3 rings (SSSR count). The number of nitrogens with one attached hydrogen (secondary N) is 2. The first kappa shape index (κ1) is 25.8. The molecule has 2 aromatic heterocycles. The van der Waals surface area contributed by atoms with Crippen LogP contribution in [0.1, 0.15) is 21.6 Å². The molecule has 0 aliphatic carbocycles. The SMILES string of the molecule is Cc1nn(C)c2ncc(C(=O)NC(=O)Nc3ccc(F)c(C(F)(F)F)c3)c(N(CCO)CCO)c12. The maximum absolute atomic E-state index is 13.5. The standard InChI is InChI=1S/C21H22F4N6O4/c1-11-16-17(31(5-7-32)6-8-33)13(10-26-18(16)30(2)29-11)19(34)28-20(35)27-12-3-4-15(22)14(9-12)21(23,24)25/h3-4,9-10,32-33H,5-8H2,1-2H3,(H2,27,28,34,35). The minimum Gasteiger partial charge on any atom is -0.395 e. The molecule has 0 saturated heterocycles. The number of urea groups is 1. The van der Waals surface area contributed by atoms with E-state index in [4.69, 9.17) is 0 Å². The third-order valence-electron chi connectivity index (χ3n) is 5.06. The van der Waals surface area contributed by atoms with Crippen molar-refractivity contribution >= 4 is 34.3 Å². The van der Waals surface area contributed by atoms with E-state index in [1.165, 1.54) is 15.8 Å². The van der Waals surface area contributed by atoms with Gasteiger partial charge in [0.2, 0.25) is 0 Å². The summed E-state index contributed by atoms with van der Waals surface area (Å²) in [5.74, 6) is -2.46. The lowest BCUT2D eigenvalue weighted by Crippen LogP contribution is -2.37. The molecule has 0 saturated carbocycles. The molecule has 0 bridgehead atoms. The van der Waals surface area contributed by atoms with Gasteiger partial charge in [-0.25, -0.2) is 14.2 Å². The van der Waals surface area contributed by atoms with Gasteiger partial charge in [-0.15, -0.1) is 0 Å². The number of aliphatic hydroxyl groups excluding tert-OH is 2. The van der Waals surface area contributed by atoms with Crippen LogP contribution < -0.4 is 15.5 Å².